The second-order valence-electron chi connectivity index (χ2n) is 3.87. The van der Waals surface area contributed by atoms with E-state index in [-0.39, 0.29) is 0 Å². The van der Waals surface area contributed by atoms with Gasteiger partial charge in [0.15, 0.2) is 5.82 Å². The fraction of sp³-hybridized carbons (Fsp3) is 0.417. The van der Waals surface area contributed by atoms with Crippen LogP contribution in [0.1, 0.15) is 18.6 Å². The van der Waals surface area contributed by atoms with Gasteiger partial charge in [0.1, 0.15) is 5.82 Å². The SMILES string of the molecule is CCNc1cc(NCCc2nc(C)no2)ccn1. The number of aromatic nitrogens is 3. The molecule has 0 bridgehead atoms. The summed E-state index contributed by atoms with van der Waals surface area (Å²) >= 11 is 0. The quantitative estimate of drug-likeness (QED) is 0.811. The van der Waals surface area contributed by atoms with Gasteiger partial charge in [-0.1, -0.05) is 5.16 Å². The molecule has 0 fully saturated rings. The fourth-order valence-corrected chi connectivity index (χ4v) is 1.57. The highest BCUT2D eigenvalue weighted by Gasteiger charge is 2.02. The maximum Gasteiger partial charge on any atom is 0.228 e. The number of aryl methyl sites for hydroxylation is 1. The summed E-state index contributed by atoms with van der Waals surface area (Å²) in [6, 6.07) is 3.91. The Kier molecular flexibility index (Phi) is 4.11. The Morgan fingerprint density at radius 3 is 2.94 bits per heavy atom. The first kappa shape index (κ1) is 12.3. The normalized spacial score (nSPS) is 10.3. The first-order valence-electron chi connectivity index (χ1n) is 6.01. The Balaban J connectivity index is 1.84. The lowest BCUT2D eigenvalue weighted by Crippen LogP contribution is -2.06. The Labute approximate surface area is 106 Å². The molecule has 0 amide bonds. The van der Waals surface area contributed by atoms with Gasteiger partial charge in [-0.05, 0) is 19.9 Å². The predicted octanol–water partition coefficient (Wildman–Crippen LogP) is 1.86. The average Bonchev–Trinajstić information content (AvgIpc) is 2.76. The molecular weight excluding hydrogens is 230 g/mol. The smallest absolute Gasteiger partial charge is 0.228 e. The molecule has 0 saturated heterocycles. The lowest BCUT2D eigenvalue weighted by atomic mass is 10.3. The van der Waals surface area contributed by atoms with Crippen LogP contribution in [0.4, 0.5) is 11.5 Å². The minimum atomic E-state index is 0.654. The molecule has 0 radical (unpaired) electrons. The highest BCUT2D eigenvalue weighted by molar-refractivity contribution is 5.51. The third-order valence-electron chi connectivity index (χ3n) is 2.36. The van der Waals surface area contributed by atoms with Crippen molar-refractivity contribution in [1.82, 2.24) is 15.1 Å². The van der Waals surface area contributed by atoms with Crippen LogP contribution in [0.2, 0.25) is 0 Å². The Bertz CT molecular complexity index is 497. The molecule has 2 rings (SSSR count). The first-order chi connectivity index (χ1) is 8.78. The van der Waals surface area contributed by atoms with E-state index >= 15 is 0 Å². The van der Waals surface area contributed by atoms with E-state index in [0.717, 1.165) is 24.6 Å². The van der Waals surface area contributed by atoms with Gasteiger partial charge in [-0.2, -0.15) is 4.98 Å². The van der Waals surface area contributed by atoms with Crippen LogP contribution in [0.25, 0.3) is 0 Å². The van der Waals surface area contributed by atoms with Crippen LogP contribution >= 0.6 is 0 Å². The molecule has 6 heteroatoms. The molecule has 0 aromatic carbocycles. The monoisotopic (exact) mass is 247 g/mol. The lowest BCUT2D eigenvalue weighted by Gasteiger charge is -2.07. The molecule has 96 valence electrons. The summed E-state index contributed by atoms with van der Waals surface area (Å²) in [6.07, 6.45) is 2.48. The van der Waals surface area contributed by atoms with Crippen molar-refractivity contribution >= 4 is 11.5 Å². The first-order valence-corrected chi connectivity index (χ1v) is 6.01. The maximum absolute atomic E-state index is 5.04. The van der Waals surface area contributed by atoms with E-state index in [1.54, 1.807) is 6.20 Å². The fourth-order valence-electron chi connectivity index (χ4n) is 1.57. The molecule has 0 unspecified atom stereocenters. The number of pyridine rings is 1. The van der Waals surface area contributed by atoms with Gasteiger partial charge in [0.05, 0.1) is 0 Å². The molecule has 0 aliphatic heterocycles. The second-order valence-corrected chi connectivity index (χ2v) is 3.87. The Morgan fingerprint density at radius 2 is 2.22 bits per heavy atom. The van der Waals surface area contributed by atoms with Crippen LogP contribution in [0.15, 0.2) is 22.9 Å². The zero-order chi connectivity index (χ0) is 12.8. The van der Waals surface area contributed by atoms with Gasteiger partial charge in [-0.15, -0.1) is 0 Å². The molecule has 2 aromatic rings. The van der Waals surface area contributed by atoms with Crippen LogP contribution in [0, 0.1) is 6.92 Å². The van der Waals surface area contributed by atoms with Crippen molar-refractivity contribution in [3.05, 3.63) is 30.0 Å². The van der Waals surface area contributed by atoms with E-state index in [1.165, 1.54) is 0 Å². The second kappa shape index (κ2) is 6.00. The molecule has 6 nitrogen and oxygen atoms in total. The van der Waals surface area contributed by atoms with Crippen LogP contribution in [0.3, 0.4) is 0 Å². The van der Waals surface area contributed by atoms with E-state index in [9.17, 15) is 0 Å². The molecular formula is C12H17N5O. The molecule has 18 heavy (non-hydrogen) atoms. The molecule has 0 aliphatic carbocycles. The van der Waals surface area contributed by atoms with Crippen molar-refractivity contribution in [3.8, 4) is 0 Å². The number of nitrogens with one attached hydrogen (secondary N) is 2. The summed E-state index contributed by atoms with van der Waals surface area (Å²) in [5, 5.41) is 10.2. The number of rotatable bonds is 6. The van der Waals surface area contributed by atoms with Crippen LogP contribution in [-0.2, 0) is 6.42 Å². The minimum absolute atomic E-state index is 0.654. The zero-order valence-corrected chi connectivity index (χ0v) is 10.6. The molecule has 0 aliphatic rings. The summed E-state index contributed by atoms with van der Waals surface area (Å²) < 4.78 is 5.04. The minimum Gasteiger partial charge on any atom is -0.384 e. The highest BCUT2D eigenvalue weighted by atomic mass is 16.5. The molecule has 0 saturated carbocycles. The van der Waals surface area contributed by atoms with Crippen molar-refractivity contribution in [2.45, 2.75) is 20.3 Å². The van der Waals surface area contributed by atoms with E-state index in [1.807, 2.05) is 26.0 Å². The molecule has 2 aromatic heterocycles. The van der Waals surface area contributed by atoms with Gasteiger partial charge < -0.3 is 15.2 Å². The standard InChI is InChI=1S/C12H17N5O/c1-3-13-11-8-10(4-6-15-11)14-7-5-12-16-9(2)17-18-12/h4,6,8H,3,5,7H2,1-2H3,(H2,13,14,15). The molecule has 0 spiro atoms. The van der Waals surface area contributed by atoms with Gasteiger partial charge in [0.25, 0.3) is 0 Å². The third kappa shape index (κ3) is 3.44. The predicted molar refractivity (Wildman–Crippen MR) is 69.6 cm³/mol. The average molecular weight is 247 g/mol. The molecule has 2 N–H and O–H groups in total. The number of hydrogen-bond acceptors (Lipinski definition) is 6. The number of hydrogen-bond donors (Lipinski definition) is 2. The van der Waals surface area contributed by atoms with Crippen LogP contribution < -0.4 is 10.6 Å². The largest absolute Gasteiger partial charge is 0.384 e. The maximum atomic E-state index is 5.04. The number of anilines is 2. The van der Waals surface area contributed by atoms with Crippen molar-refractivity contribution < 1.29 is 4.52 Å². The highest BCUT2D eigenvalue weighted by Crippen LogP contribution is 2.11. The Hall–Kier alpha value is -2.11. The van der Waals surface area contributed by atoms with Crippen molar-refractivity contribution in [3.63, 3.8) is 0 Å². The topological polar surface area (TPSA) is 75.9 Å². The van der Waals surface area contributed by atoms with E-state index < -0.39 is 0 Å². The summed E-state index contributed by atoms with van der Waals surface area (Å²) in [5.74, 6) is 2.19. The summed E-state index contributed by atoms with van der Waals surface area (Å²) in [6.45, 7) is 5.46. The summed E-state index contributed by atoms with van der Waals surface area (Å²) in [7, 11) is 0. The van der Waals surface area contributed by atoms with E-state index in [2.05, 4.69) is 25.8 Å². The van der Waals surface area contributed by atoms with Gasteiger partial charge in [-0.3, -0.25) is 0 Å². The van der Waals surface area contributed by atoms with Crippen molar-refractivity contribution in [1.29, 1.82) is 0 Å². The van der Waals surface area contributed by atoms with Crippen LogP contribution in [0.5, 0.6) is 0 Å². The van der Waals surface area contributed by atoms with Crippen LogP contribution in [-0.4, -0.2) is 28.2 Å². The third-order valence-corrected chi connectivity index (χ3v) is 2.36. The van der Waals surface area contributed by atoms with Crippen molar-refractivity contribution in [2.75, 3.05) is 23.7 Å². The van der Waals surface area contributed by atoms with Gasteiger partial charge in [-0.25, -0.2) is 4.98 Å². The van der Waals surface area contributed by atoms with Crippen molar-refractivity contribution in [2.24, 2.45) is 0 Å². The van der Waals surface area contributed by atoms with Gasteiger partial charge in [0, 0.05) is 37.5 Å². The summed E-state index contributed by atoms with van der Waals surface area (Å²) in [4.78, 5) is 8.35. The Morgan fingerprint density at radius 1 is 1.33 bits per heavy atom. The van der Waals surface area contributed by atoms with Gasteiger partial charge in [0.2, 0.25) is 5.89 Å². The summed E-state index contributed by atoms with van der Waals surface area (Å²) in [5.41, 5.74) is 1.03. The molecule has 2 heterocycles. The van der Waals surface area contributed by atoms with Gasteiger partial charge >= 0.3 is 0 Å². The zero-order valence-electron chi connectivity index (χ0n) is 10.6. The van der Waals surface area contributed by atoms with E-state index in [4.69, 9.17) is 4.52 Å². The molecule has 0 atom stereocenters. The van der Waals surface area contributed by atoms with E-state index in [0.29, 0.717) is 18.1 Å². The lowest BCUT2D eigenvalue weighted by molar-refractivity contribution is 0.377. The number of nitrogens with zero attached hydrogens (tertiary/aromatic N) is 3.